The Balaban J connectivity index is 0.000000162. The molecule has 0 saturated heterocycles. The lowest BCUT2D eigenvalue weighted by atomic mass is 10.7. The van der Waals surface area contributed by atoms with Crippen molar-refractivity contribution in [2.75, 3.05) is 0 Å². The third kappa shape index (κ3) is 4.32. The van der Waals surface area contributed by atoms with Gasteiger partial charge < -0.3 is 4.98 Å². The van der Waals surface area contributed by atoms with Gasteiger partial charge in [-0.3, -0.25) is 9.78 Å². The first-order valence-electron chi connectivity index (χ1n) is 3.87. The largest absolute Gasteiger partial charge is 0.325 e. The third-order valence-corrected chi connectivity index (χ3v) is 1.84. The second-order valence-electron chi connectivity index (χ2n) is 2.32. The highest BCUT2D eigenvalue weighted by atomic mass is 79.9. The topological polar surface area (TPSA) is 91.5 Å². The summed E-state index contributed by atoms with van der Waals surface area (Å²) < 4.78 is 0.321. The van der Waals surface area contributed by atoms with E-state index in [1.54, 1.807) is 18.5 Å². The maximum absolute atomic E-state index is 10.5. The van der Waals surface area contributed by atoms with Crippen LogP contribution < -0.4 is 11.2 Å². The number of rotatable bonds is 0. The van der Waals surface area contributed by atoms with Gasteiger partial charge in [-0.05, 0) is 22.0 Å². The predicted molar refractivity (Wildman–Crippen MR) is 57.4 cm³/mol. The van der Waals surface area contributed by atoms with E-state index in [0.29, 0.717) is 4.47 Å². The maximum atomic E-state index is 10.5. The van der Waals surface area contributed by atoms with Crippen molar-refractivity contribution in [2.45, 2.75) is 0 Å². The minimum absolute atomic E-state index is 0.321. The van der Waals surface area contributed by atoms with Crippen LogP contribution in [0.15, 0.2) is 45.0 Å². The van der Waals surface area contributed by atoms with Gasteiger partial charge in [0.1, 0.15) is 6.33 Å². The van der Waals surface area contributed by atoms with Crippen molar-refractivity contribution in [3.63, 3.8) is 0 Å². The van der Waals surface area contributed by atoms with E-state index >= 15 is 0 Å². The average molecular weight is 271 g/mol. The molecular weight excluding hydrogens is 264 g/mol. The predicted octanol–water partition coefficient (Wildman–Crippen LogP) is 0.302. The number of aromatic nitrogens is 4. The van der Waals surface area contributed by atoms with Crippen LogP contribution in [0.3, 0.4) is 0 Å². The quantitative estimate of drug-likeness (QED) is 0.721. The van der Waals surface area contributed by atoms with Gasteiger partial charge >= 0.3 is 5.69 Å². The highest BCUT2D eigenvalue weighted by Crippen LogP contribution is 1.93. The first-order valence-corrected chi connectivity index (χ1v) is 4.67. The van der Waals surface area contributed by atoms with Gasteiger partial charge in [0, 0.05) is 18.6 Å². The van der Waals surface area contributed by atoms with E-state index in [9.17, 15) is 9.59 Å². The normalized spacial score (nSPS) is 8.87. The molecule has 2 heterocycles. The molecule has 78 valence electrons. The fourth-order valence-electron chi connectivity index (χ4n) is 0.647. The summed E-state index contributed by atoms with van der Waals surface area (Å²) in [6.45, 7) is 0. The summed E-state index contributed by atoms with van der Waals surface area (Å²) in [5.41, 5.74) is -0.915. The summed E-state index contributed by atoms with van der Waals surface area (Å²) in [4.78, 5) is 32.5. The molecule has 0 bridgehead atoms. The van der Waals surface area contributed by atoms with Gasteiger partial charge in [0.25, 0.3) is 5.56 Å². The number of nitrogens with zero attached hydrogens (tertiary/aromatic N) is 2. The van der Waals surface area contributed by atoms with Crippen molar-refractivity contribution in [2.24, 2.45) is 0 Å². The van der Waals surface area contributed by atoms with Gasteiger partial charge in [-0.2, -0.15) is 0 Å². The number of hydrogen-bond acceptors (Lipinski definition) is 4. The summed E-state index contributed by atoms with van der Waals surface area (Å²) in [6.07, 6.45) is 6.17. The number of nitrogens with one attached hydrogen (secondary N) is 2. The summed E-state index contributed by atoms with van der Waals surface area (Å²) in [6, 6.07) is 1.78. The molecule has 0 fully saturated rings. The van der Waals surface area contributed by atoms with E-state index in [0.717, 1.165) is 0 Å². The van der Waals surface area contributed by atoms with Crippen LogP contribution in [0.25, 0.3) is 0 Å². The van der Waals surface area contributed by atoms with E-state index in [4.69, 9.17) is 0 Å². The second kappa shape index (κ2) is 5.86. The molecule has 0 aliphatic heterocycles. The number of aromatic amines is 2. The van der Waals surface area contributed by atoms with Crippen LogP contribution in [0.5, 0.6) is 0 Å². The Kier molecular flexibility index (Phi) is 4.42. The highest BCUT2D eigenvalue weighted by Gasteiger charge is 1.90. The summed E-state index contributed by atoms with van der Waals surface area (Å²) >= 11 is 2.92. The molecule has 0 unspecified atom stereocenters. The molecule has 6 nitrogen and oxygen atoms in total. The highest BCUT2D eigenvalue weighted by molar-refractivity contribution is 9.10. The van der Waals surface area contributed by atoms with Gasteiger partial charge in [-0.1, -0.05) is 0 Å². The fourth-order valence-corrected chi connectivity index (χ4v) is 0.860. The average Bonchev–Trinajstić information content (AvgIpc) is 2.27. The van der Waals surface area contributed by atoms with Crippen LogP contribution in [-0.4, -0.2) is 19.9 Å². The summed E-state index contributed by atoms with van der Waals surface area (Å²) in [7, 11) is 0. The molecule has 7 heteroatoms. The molecule has 2 aromatic heterocycles. The zero-order valence-electron chi connectivity index (χ0n) is 7.48. The summed E-state index contributed by atoms with van der Waals surface area (Å²) in [5.74, 6) is 0. The Morgan fingerprint density at radius 2 is 1.87 bits per heavy atom. The molecular formula is C8H7BrN4O2. The third-order valence-electron chi connectivity index (χ3n) is 1.25. The minimum atomic E-state index is -0.497. The van der Waals surface area contributed by atoms with Gasteiger partial charge in [-0.25, -0.2) is 14.8 Å². The Hall–Kier alpha value is -1.76. The van der Waals surface area contributed by atoms with Gasteiger partial charge in [0.15, 0.2) is 0 Å². The minimum Gasteiger partial charge on any atom is -0.313 e. The van der Waals surface area contributed by atoms with E-state index in [2.05, 4.69) is 30.9 Å². The molecule has 2 N–H and O–H groups in total. The molecule has 0 saturated carbocycles. The first-order chi connectivity index (χ1) is 7.20. The van der Waals surface area contributed by atoms with Crippen molar-refractivity contribution < 1.29 is 0 Å². The molecule has 15 heavy (non-hydrogen) atoms. The Bertz CT molecular complexity index is 481. The fraction of sp³-hybridized carbons (Fsp3) is 0. The SMILES string of the molecule is O=c1[nH]cc(Br)c(=O)[nH]1.c1cncnc1. The second-order valence-corrected chi connectivity index (χ2v) is 3.18. The van der Waals surface area contributed by atoms with E-state index < -0.39 is 11.2 Å². The van der Waals surface area contributed by atoms with E-state index in [-0.39, 0.29) is 0 Å². The molecule has 0 aliphatic rings. The van der Waals surface area contributed by atoms with Crippen molar-refractivity contribution in [1.29, 1.82) is 0 Å². The molecule has 2 rings (SSSR count). The van der Waals surface area contributed by atoms with Crippen LogP contribution in [0.1, 0.15) is 0 Å². The van der Waals surface area contributed by atoms with Crippen molar-refractivity contribution >= 4 is 15.9 Å². The zero-order valence-corrected chi connectivity index (χ0v) is 9.06. The smallest absolute Gasteiger partial charge is 0.313 e. The van der Waals surface area contributed by atoms with Crippen molar-refractivity contribution in [1.82, 2.24) is 19.9 Å². The Morgan fingerprint density at radius 1 is 1.20 bits per heavy atom. The molecule has 0 amide bonds. The zero-order chi connectivity index (χ0) is 11.1. The van der Waals surface area contributed by atoms with Crippen LogP contribution in [0, 0.1) is 0 Å². The van der Waals surface area contributed by atoms with Crippen LogP contribution in [0.4, 0.5) is 0 Å². The molecule has 0 spiro atoms. The van der Waals surface area contributed by atoms with Crippen LogP contribution >= 0.6 is 15.9 Å². The van der Waals surface area contributed by atoms with Crippen LogP contribution in [-0.2, 0) is 0 Å². The monoisotopic (exact) mass is 270 g/mol. The van der Waals surface area contributed by atoms with Crippen molar-refractivity contribution in [3.05, 3.63) is 56.3 Å². The maximum Gasteiger partial charge on any atom is 0.325 e. The van der Waals surface area contributed by atoms with Crippen molar-refractivity contribution in [3.8, 4) is 0 Å². The first kappa shape index (κ1) is 11.3. The standard InChI is InChI=1S/C4H3BrN2O2.C4H4N2/c5-2-1-6-4(9)7-3(2)8;1-2-5-4-6-3-1/h1H,(H2,6,7,8,9);1-4H. The molecule has 2 aromatic rings. The molecule has 0 radical (unpaired) electrons. The molecule has 0 aromatic carbocycles. The summed E-state index contributed by atoms with van der Waals surface area (Å²) in [5, 5.41) is 0. The van der Waals surface area contributed by atoms with E-state index in [1.807, 2.05) is 4.98 Å². The van der Waals surface area contributed by atoms with Crippen LogP contribution in [0.2, 0.25) is 0 Å². The lowest BCUT2D eigenvalue weighted by Gasteiger charge is -1.82. The number of H-pyrrole nitrogens is 2. The molecule has 0 atom stereocenters. The number of hydrogen-bond donors (Lipinski definition) is 2. The Labute approximate surface area is 92.6 Å². The molecule has 0 aliphatic carbocycles. The van der Waals surface area contributed by atoms with Gasteiger partial charge in [0.05, 0.1) is 4.47 Å². The lowest BCUT2D eigenvalue weighted by Crippen LogP contribution is -2.21. The lowest BCUT2D eigenvalue weighted by molar-refractivity contribution is 1.02. The van der Waals surface area contributed by atoms with Gasteiger partial charge in [0.2, 0.25) is 0 Å². The Morgan fingerprint density at radius 3 is 2.20 bits per heavy atom. The number of halogens is 1. The van der Waals surface area contributed by atoms with E-state index in [1.165, 1.54) is 12.5 Å². The van der Waals surface area contributed by atoms with Gasteiger partial charge in [-0.15, -0.1) is 0 Å².